The Kier molecular flexibility index (Phi) is 7.94. The van der Waals surface area contributed by atoms with Gasteiger partial charge in [-0.2, -0.15) is 5.26 Å². The third-order valence-electron chi connectivity index (χ3n) is 3.56. The van der Waals surface area contributed by atoms with Crippen LogP contribution in [-0.4, -0.2) is 31.0 Å². The molecule has 1 aliphatic carbocycles. The van der Waals surface area contributed by atoms with Crippen molar-refractivity contribution in [3.63, 3.8) is 0 Å². The first-order chi connectivity index (χ1) is 10.7. The van der Waals surface area contributed by atoms with Crippen molar-refractivity contribution in [2.45, 2.75) is 45.1 Å². The normalized spacial score (nSPS) is 14.4. The maximum absolute atomic E-state index is 10.5. The average molecular weight is 304 g/mol. The van der Waals surface area contributed by atoms with Gasteiger partial charge in [-0.15, -0.1) is 0 Å². The summed E-state index contributed by atoms with van der Waals surface area (Å²) in [6.45, 7) is 2.12. The van der Waals surface area contributed by atoms with E-state index in [9.17, 15) is 4.79 Å². The number of carbonyl (C=O) groups is 1. The molecular formula is C16H24N4O2. The summed E-state index contributed by atoms with van der Waals surface area (Å²) >= 11 is 0. The van der Waals surface area contributed by atoms with E-state index in [0.29, 0.717) is 12.9 Å². The molecule has 0 amide bonds. The van der Waals surface area contributed by atoms with E-state index in [1.165, 1.54) is 38.2 Å². The number of nitriles is 1. The lowest BCUT2D eigenvalue weighted by atomic mass is 9.96. The van der Waals surface area contributed by atoms with Gasteiger partial charge in [-0.1, -0.05) is 19.3 Å². The van der Waals surface area contributed by atoms with Crippen molar-refractivity contribution in [3.05, 3.63) is 17.3 Å². The predicted molar refractivity (Wildman–Crippen MR) is 85.9 cm³/mol. The van der Waals surface area contributed by atoms with Crippen LogP contribution in [0.15, 0.2) is 6.07 Å². The largest absolute Gasteiger partial charge is 0.477 e. The summed E-state index contributed by atoms with van der Waals surface area (Å²) in [6.07, 6.45) is 7.68. The number of aldehydes is 1. The minimum atomic E-state index is 0.108. The Bertz CT molecular complexity index is 520. The first-order valence-corrected chi connectivity index (χ1v) is 7.62. The SMILES string of the molecule is CCOc1nc(C=O)cc(N)c1C#N.CNC1CCCCC1. The van der Waals surface area contributed by atoms with Crippen molar-refractivity contribution in [2.75, 3.05) is 19.4 Å². The second-order valence-electron chi connectivity index (χ2n) is 5.10. The minimum absolute atomic E-state index is 0.108. The van der Waals surface area contributed by atoms with E-state index in [1.807, 2.05) is 6.07 Å². The molecule has 1 aromatic heterocycles. The number of carbonyl (C=O) groups excluding carboxylic acids is 1. The highest BCUT2D eigenvalue weighted by Crippen LogP contribution is 2.21. The Morgan fingerprint density at radius 3 is 2.64 bits per heavy atom. The molecule has 0 aromatic carbocycles. The zero-order valence-corrected chi connectivity index (χ0v) is 13.3. The Labute approximate surface area is 131 Å². The molecule has 1 fully saturated rings. The highest BCUT2D eigenvalue weighted by Gasteiger charge is 2.11. The molecule has 0 saturated heterocycles. The quantitative estimate of drug-likeness (QED) is 0.828. The molecule has 3 N–H and O–H groups in total. The third kappa shape index (κ3) is 5.34. The summed E-state index contributed by atoms with van der Waals surface area (Å²) in [6, 6.07) is 4.05. The van der Waals surface area contributed by atoms with Crippen LogP contribution in [0.4, 0.5) is 5.69 Å². The lowest BCUT2D eigenvalue weighted by Gasteiger charge is -2.20. The molecule has 0 unspecified atom stereocenters. The van der Waals surface area contributed by atoms with Crippen LogP contribution >= 0.6 is 0 Å². The van der Waals surface area contributed by atoms with Crippen LogP contribution in [0.3, 0.4) is 0 Å². The number of ether oxygens (including phenoxy) is 1. The van der Waals surface area contributed by atoms with Gasteiger partial charge < -0.3 is 15.8 Å². The molecule has 6 heteroatoms. The topological polar surface area (TPSA) is 101 Å². The predicted octanol–water partition coefficient (Wildman–Crippen LogP) is 2.29. The molecule has 120 valence electrons. The maximum atomic E-state index is 10.5. The molecule has 0 atom stereocenters. The smallest absolute Gasteiger partial charge is 0.234 e. The molecule has 2 rings (SSSR count). The van der Waals surface area contributed by atoms with Crippen LogP contribution in [0.5, 0.6) is 5.88 Å². The zero-order chi connectivity index (χ0) is 16.4. The van der Waals surface area contributed by atoms with Crippen LogP contribution in [0.25, 0.3) is 0 Å². The Morgan fingerprint density at radius 1 is 1.50 bits per heavy atom. The number of pyridine rings is 1. The van der Waals surface area contributed by atoms with Gasteiger partial charge in [0.25, 0.3) is 0 Å². The number of nitrogen functional groups attached to an aromatic ring is 1. The molecular weight excluding hydrogens is 280 g/mol. The van der Waals surface area contributed by atoms with Gasteiger partial charge in [-0.3, -0.25) is 4.79 Å². The van der Waals surface area contributed by atoms with E-state index in [0.717, 1.165) is 6.04 Å². The maximum Gasteiger partial charge on any atom is 0.234 e. The molecule has 1 aromatic rings. The first kappa shape index (κ1) is 17.9. The fourth-order valence-corrected chi connectivity index (χ4v) is 2.37. The zero-order valence-electron chi connectivity index (χ0n) is 13.3. The number of hydrogen-bond acceptors (Lipinski definition) is 6. The van der Waals surface area contributed by atoms with Crippen molar-refractivity contribution in [1.29, 1.82) is 5.26 Å². The molecule has 1 saturated carbocycles. The number of aromatic nitrogens is 1. The van der Waals surface area contributed by atoms with Crippen molar-refractivity contribution >= 4 is 12.0 Å². The highest BCUT2D eigenvalue weighted by atomic mass is 16.5. The summed E-state index contributed by atoms with van der Waals surface area (Å²) < 4.78 is 5.08. The van der Waals surface area contributed by atoms with Gasteiger partial charge >= 0.3 is 0 Å². The van der Waals surface area contributed by atoms with Gasteiger partial charge in [0, 0.05) is 6.04 Å². The van der Waals surface area contributed by atoms with Gasteiger partial charge in [-0.05, 0) is 32.9 Å². The second-order valence-corrected chi connectivity index (χ2v) is 5.10. The summed E-state index contributed by atoms with van der Waals surface area (Å²) in [5, 5.41) is 12.1. The molecule has 0 aliphatic heterocycles. The van der Waals surface area contributed by atoms with E-state index < -0.39 is 0 Å². The summed E-state index contributed by atoms with van der Waals surface area (Å²) in [5.41, 5.74) is 6.06. The number of hydrogen-bond donors (Lipinski definition) is 2. The van der Waals surface area contributed by atoms with Crippen LogP contribution in [0.2, 0.25) is 0 Å². The molecule has 1 aliphatic rings. The number of nitrogens with zero attached hydrogens (tertiary/aromatic N) is 2. The summed E-state index contributed by atoms with van der Waals surface area (Å²) in [7, 11) is 2.07. The van der Waals surface area contributed by atoms with Crippen LogP contribution < -0.4 is 15.8 Å². The molecule has 0 spiro atoms. The van der Waals surface area contributed by atoms with E-state index in [4.69, 9.17) is 15.7 Å². The molecule has 22 heavy (non-hydrogen) atoms. The number of nitrogens with two attached hydrogens (primary N) is 1. The average Bonchev–Trinajstić information content (AvgIpc) is 2.56. The Balaban J connectivity index is 0.000000255. The lowest BCUT2D eigenvalue weighted by molar-refractivity contribution is 0.111. The van der Waals surface area contributed by atoms with E-state index in [2.05, 4.69) is 17.3 Å². The fourth-order valence-electron chi connectivity index (χ4n) is 2.37. The van der Waals surface area contributed by atoms with Gasteiger partial charge in [0.15, 0.2) is 6.29 Å². The molecule has 1 heterocycles. The number of rotatable bonds is 4. The molecule has 6 nitrogen and oxygen atoms in total. The Hall–Kier alpha value is -2.13. The lowest BCUT2D eigenvalue weighted by Crippen LogP contribution is -2.26. The summed E-state index contributed by atoms with van der Waals surface area (Å²) in [5.74, 6) is 0.108. The summed E-state index contributed by atoms with van der Waals surface area (Å²) in [4.78, 5) is 14.3. The Morgan fingerprint density at radius 2 is 2.18 bits per heavy atom. The van der Waals surface area contributed by atoms with Gasteiger partial charge in [-0.25, -0.2) is 4.98 Å². The van der Waals surface area contributed by atoms with Gasteiger partial charge in [0.2, 0.25) is 5.88 Å². The van der Waals surface area contributed by atoms with Crippen LogP contribution in [0.1, 0.15) is 55.1 Å². The van der Waals surface area contributed by atoms with Crippen molar-refractivity contribution in [2.24, 2.45) is 0 Å². The first-order valence-electron chi connectivity index (χ1n) is 7.62. The van der Waals surface area contributed by atoms with Gasteiger partial charge in [0.1, 0.15) is 17.3 Å². The number of anilines is 1. The fraction of sp³-hybridized carbons (Fsp3) is 0.562. The van der Waals surface area contributed by atoms with Crippen molar-refractivity contribution in [1.82, 2.24) is 10.3 Å². The van der Waals surface area contributed by atoms with Crippen molar-refractivity contribution < 1.29 is 9.53 Å². The van der Waals surface area contributed by atoms with Crippen molar-refractivity contribution in [3.8, 4) is 11.9 Å². The van der Waals surface area contributed by atoms with Gasteiger partial charge in [0.05, 0.1) is 12.3 Å². The highest BCUT2D eigenvalue weighted by molar-refractivity contribution is 5.76. The third-order valence-corrected chi connectivity index (χ3v) is 3.56. The minimum Gasteiger partial charge on any atom is -0.477 e. The molecule has 0 radical (unpaired) electrons. The van der Waals surface area contributed by atoms with Crippen LogP contribution in [0, 0.1) is 11.3 Å². The standard InChI is InChI=1S/C9H9N3O2.C7H15N/c1-2-14-9-7(4-10)8(11)3-6(5-13)12-9;1-8-7-5-3-2-4-6-7/h3,5H,2H2,1H3,(H2,11,12);7-8H,2-6H2,1H3. The van der Waals surface area contributed by atoms with Crippen LogP contribution in [-0.2, 0) is 0 Å². The monoisotopic (exact) mass is 304 g/mol. The second kappa shape index (κ2) is 9.74. The molecule has 0 bridgehead atoms. The number of nitrogens with one attached hydrogen (secondary N) is 1. The van der Waals surface area contributed by atoms with E-state index in [1.54, 1.807) is 6.92 Å². The van der Waals surface area contributed by atoms with E-state index in [-0.39, 0.29) is 22.8 Å². The van der Waals surface area contributed by atoms with E-state index >= 15 is 0 Å².